The second kappa shape index (κ2) is 7.69. The van der Waals surface area contributed by atoms with Crippen LogP contribution in [0.1, 0.15) is 42.8 Å². The molecule has 1 aliphatic heterocycles. The Morgan fingerprint density at radius 2 is 1.94 bits per heavy atom. The number of H-pyrrole nitrogens is 1. The highest BCUT2D eigenvalue weighted by Gasteiger charge is 2.62. The number of rotatable bonds is 4. The minimum Gasteiger partial charge on any atom is -0.358 e. The zero-order chi connectivity index (χ0) is 24.4. The molecular formula is C24H25F3N8. The number of hydrogen-bond acceptors (Lipinski definition) is 5. The molecule has 4 aromatic heterocycles. The number of pyridine rings is 1. The Bertz CT molecular complexity index is 1410. The molecule has 0 spiro atoms. The number of hydrogen-bond donors (Lipinski definition) is 2. The molecule has 8 nitrogen and oxygen atoms in total. The van der Waals surface area contributed by atoms with Gasteiger partial charge in [0.1, 0.15) is 22.9 Å². The number of alkyl halides is 3. The summed E-state index contributed by atoms with van der Waals surface area (Å²) in [7, 11) is 1.84. The molecule has 2 N–H and O–H groups in total. The summed E-state index contributed by atoms with van der Waals surface area (Å²) in [4.78, 5) is 7.98. The van der Waals surface area contributed by atoms with Crippen molar-refractivity contribution in [2.45, 2.75) is 57.2 Å². The van der Waals surface area contributed by atoms with Gasteiger partial charge in [0.05, 0.1) is 6.20 Å². The standard InChI is InChI=1S/C24H25F3N8/c1-14-13-28-19(31-20-6-9-29-34(20)2)12-15(14)18-11-16-17(30-18)5-3-10-35-21(16)32-33-22(35)23(7-4-8-23)24(25,26)27/h6,9,11-13,30H,3-5,7-8,10H2,1-2H3,(H,28,31). The van der Waals surface area contributed by atoms with Crippen LogP contribution in [-0.4, -0.2) is 40.7 Å². The van der Waals surface area contributed by atoms with Crippen molar-refractivity contribution in [2.24, 2.45) is 7.05 Å². The van der Waals surface area contributed by atoms with E-state index in [4.69, 9.17) is 0 Å². The van der Waals surface area contributed by atoms with Gasteiger partial charge in [-0.25, -0.2) is 4.98 Å². The largest absolute Gasteiger partial charge is 0.401 e. The molecule has 0 amide bonds. The van der Waals surface area contributed by atoms with Crippen LogP contribution < -0.4 is 5.32 Å². The van der Waals surface area contributed by atoms with Crippen LogP contribution in [0.5, 0.6) is 0 Å². The number of fused-ring (bicyclic) bond motifs is 3. The van der Waals surface area contributed by atoms with Crippen molar-refractivity contribution in [1.29, 1.82) is 0 Å². The van der Waals surface area contributed by atoms with Gasteiger partial charge in [0.25, 0.3) is 0 Å². The van der Waals surface area contributed by atoms with Crippen molar-refractivity contribution >= 4 is 11.6 Å². The average Bonchev–Trinajstić information content (AvgIpc) is 3.45. The minimum atomic E-state index is -4.33. The molecule has 1 saturated carbocycles. The number of nitrogens with zero attached hydrogens (tertiary/aromatic N) is 6. The number of aromatic nitrogens is 7. The van der Waals surface area contributed by atoms with E-state index in [1.165, 1.54) is 0 Å². The Labute approximate surface area is 199 Å². The van der Waals surface area contributed by atoms with Crippen LogP contribution in [0, 0.1) is 6.92 Å². The third kappa shape index (κ3) is 3.35. The fraction of sp³-hybridized carbons (Fsp3) is 0.417. The highest BCUT2D eigenvalue weighted by atomic mass is 19.4. The van der Waals surface area contributed by atoms with E-state index in [1.54, 1.807) is 21.6 Å². The fourth-order valence-electron chi connectivity index (χ4n) is 5.20. The molecule has 0 saturated heterocycles. The Kier molecular flexibility index (Phi) is 4.81. The maximum absolute atomic E-state index is 14.1. The molecule has 0 radical (unpaired) electrons. The molecule has 0 aromatic carbocycles. The molecule has 5 heterocycles. The molecular weight excluding hydrogens is 457 g/mol. The van der Waals surface area contributed by atoms with E-state index >= 15 is 0 Å². The Morgan fingerprint density at radius 1 is 1.11 bits per heavy atom. The molecule has 1 fully saturated rings. The van der Waals surface area contributed by atoms with Crippen LogP contribution in [0.15, 0.2) is 30.6 Å². The number of anilines is 2. The molecule has 182 valence electrons. The van der Waals surface area contributed by atoms with Crippen LogP contribution in [0.25, 0.3) is 22.6 Å². The SMILES string of the molecule is Cc1cnc(Nc2ccnn2C)cc1-c1cc2c([nH]1)CCCn1c-2nnc1C1(C(F)(F)F)CCC1. The Balaban J connectivity index is 1.40. The van der Waals surface area contributed by atoms with E-state index in [1.807, 2.05) is 32.2 Å². The molecule has 0 atom stereocenters. The predicted octanol–water partition coefficient (Wildman–Crippen LogP) is 5.05. The number of nitrogens with one attached hydrogen (secondary N) is 2. The second-order valence-corrected chi connectivity index (χ2v) is 9.46. The van der Waals surface area contributed by atoms with Crippen LogP contribution >= 0.6 is 0 Å². The van der Waals surface area contributed by atoms with Crippen molar-refractivity contribution in [3.63, 3.8) is 0 Å². The van der Waals surface area contributed by atoms with Gasteiger partial charge in [-0.05, 0) is 50.3 Å². The summed E-state index contributed by atoms with van der Waals surface area (Å²) in [5.74, 6) is 2.04. The summed E-state index contributed by atoms with van der Waals surface area (Å²) in [6, 6.07) is 5.79. The maximum Gasteiger partial charge on any atom is 0.401 e. The Morgan fingerprint density at radius 3 is 2.63 bits per heavy atom. The molecule has 4 aromatic rings. The first-order valence-electron chi connectivity index (χ1n) is 11.7. The van der Waals surface area contributed by atoms with E-state index in [0.717, 1.165) is 40.3 Å². The molecule has 0 unspecified atom stereocenters. The summed E-state index contributed by atoms with van der Waals surface area (Å²) in [6.45, 7) is 2.45. The minimum absolute atomic E-state index is 0.0598. The van der Waals surface area contributed by atoms with E-state index < -0.39 is 11.6 Å². The highest BCUT2D eigenvalue weighted by Crippen LogP contribution is 2.54. The first-order chi connectivity index (χ1) is 16.8. The monoisotopic (exact) mass is 482 g/mol. The lowest BCUT2D eigenvalue weighted by Gasteiger charge is -2.42. The van der Waals surface area contributed by atoms with Crippen LogP contribution in [0.2, 0.25) is 0 Å². The molecule has 1 aliphatic carbocycles. The van der Waals surface area contributed by atoms with E-state index in [9.17, 15) is 13.2 Å². The van der Waals surface area contributed by atoms with Gasteiger partial charge in [-0.2, -0.15) is 18.3 Å². The molecule has 11 heteroatoms. The lowest BCUT2D eigenvalue weighted by molar-refractivity contribution is -0.216. The Hall–Kier alpha value is -3.63. The zero-order valence-electron chi connectivity index (χ0n) is 19.4. The highest BCUT2D eigenvalue weighted by molar-refractivity contribution is 5.75. The first kappa shape index (κ1) is 21.9. The molecule has 35 heavy (non-hydrogen) atoms. The maximum atomic E-state index is 14.1. The lowest BCUT2D eigenvalue weighted by atomic mass is 9.67. The van der Waals surface area contributed by atoms with Crippen molar-refractivity contribution in [3.8, 4) is 22.6 Å². The van der Waals surface area contributed by atoms with Gasteiger partial charge in [0, 0.05) is 48.4 Å². The fourth-order valence-corrected chi connectivity index (χ4v) is 5.20. The first-order valence-corrected chi connectivity index (χ1v) is 11.7. The van der Waals surface area contributed by atoms with Gasteiger partial charge in [0.15, 0.2) is 5.82 Å². The second-order valence-electron chi connectivity index (χ2n) is 9.46. The van der Waals surface area contributed by atoms with Gasteiger partial charge in [-0.3, -0.25) is 4.68 Å². The van der Waals surface area contributed by atoms with Gasteiger partial charge in [-0.15, -0.1) is 10.2 Å². The third-order valence-electron chi connectivity index (χ3n) is 7.35. The third-order valence-corrected chi connectivity index (χ3v) is 7.35. The zero-order valence-corrected chi connectivity index (χ0v) is 19.4. The van der Waals surface area contributed by atoms with Crippen molar-refractivity contribution in [2.75, 3.05) is 5.32 Å². The van der Waals surface area contributed by atoms with Gasteiger partial charge < -0.3 is 14.9 Å². The summed E-state index contributed by atoms with van der Waals surface area (Å²) in [5.41, 5.74) is 2.69. The summed E-state index contributed by atoms with van der Waals surface area (Å²) in [5, 5.41) is 15.8. The van der Waals surface area contributed by atoms with Gasteiger partial charge in [-0.1, -0.05) is 6.42 Å². The summed E-state index contributed by atoms with van der Waals surface area (Å²) < 4.78 is 45.6. The molecule has 0 bridgehead atoms. The smallest absolute Gasteiger partial charge is 0.358 e. The van der Waals surface area contributed by atoms with Crippen molar-refractivity contribution in [1.82, 2.24) is 34.5 Å². The number of aryl methyl sites for hydroxylation is 3. The summed E-state index contributed by atoms with van der Waals surface area (Å²) in [6.07, 6.45) is 1.30. The van der Waals surface area contributed by atoms with Crippen LogP contribution in [0.4, 0.5) is 24.8 Å². The summed E-state index contributed by atoms with van der Waals surface area (Å²) >= 11 is 0. The quantitative estimate of drug-likeness (QED) is 0.425. The average molecular weight is 483 g/mol. The normalized spacial score (nSPS) is 16.8. The topological polar surface area (TPSA) is 89.2 Å². The predicted molar refractivity (Wildman–Crippen MR) is 124 cm³/mol. The van der Waals surface area contributed by atoms with Crippen LogP contribution in [-0.2, 0) is 25.4 Å². The van der Waals surface area contributed by atoms with Gasteiger partial charge >= 0.3 is 6.18 Å². The lowest BCUT2D eigenvalue weighted by Crippen LogP contribution is -2.49. The van der Waals surface area contributed by atoms with E-state index in [-0.39, 0.29) is 18.7 Å². The molecule has 6 rings (SSSR count). The number of aromatic amines is 1. The van der Waals surface area contributed by atoms with E-state index in [0.29, 0.717) is 31.0 Å². The van der Waals surface area contributed by atoms with Crippen LogP contribution in [0.3, 0.4) is 0 Å². The van der Waals surface area contributed by atoms with Gasteiger partial charge in [0.2, 0.25) is 0 Å². The van der Waals surface area contributed by atoms with E-state index in [2.05, 4.69) is 30.6 Å². The molecule has 2 aliphatic rings. The number of halogens is 3. The van der Waals surface area contributed by atoms with Crippen molar-refractivity contribution < 1.29 is 13.2 Å². The van der Waals surface area contributed by atoms with Crippen molar-refractivity contribution in [3.05, 3.63) is 47.7 Å².